The molecular weight excluding hydrogens is 703 g/mol. The van der Waals surface area contributed by atoms with E-state index in [0.717, 1.165) is 25.0 Å². The highest BCUT2D eigenvalue weighted by Gasteiger charge is 2.30. The van der Waals surface area contributed by atoms with E-state index in [2.05, 4.69) is 12.2 Å². The molecule has 2 rings (SSSR count). The molecule has 0 spiro atoms. The number of anilines is 2. The number of hydrogen-bond acceptors (Lipinski definition) is 9. The van der Waals surface area contributed by atoms with Crippen LogP contribution in [0.3, 0.4) is 0 Å². The molecule has 0 unspecified atom stereocenters. The molecule has 0 amide bonds. The van der Waals surface area contributed by atoms with Gasteiger partial charge in [-0.2, -0.15) is 13.2 Å². The summed E-state index contributed by atoms with van der Waals surface area (Å²) in [7, 11) is 0. The highest BCUT2D eigenvalue weighted by Crippen LogP contribution is 2.32. The second kappa shape index (κ2) is 31.1. The molecule has 0 atom stereocenters. The molecule has 2 aromatic carbocycles. The largest absolute Gasteiger partial charge is 0.463 e. The average molecular weight is 768 g/mol. The molecule has 0 radical (unpaired) electrons. The number of nitrogens with one attached hydrogen (secondary N) is 1. The van der Waals surface area contributed by atoms with Crippen molar-refractivity contribution in [2.75, 3.05) is 71.4 Å². The molecule has 0 saturated heterocycles. The fourth-order valence-corrected chi connectivity index (χ4v) is 5.66. The molecule has 9 nitrogen and oxygen atoms in total. The highest BCUT2D eigenvalue weighted by molar-refractivity contribution is 5.96. The van der Waals surface area contributed by atoms with Crippen LogP contribution in [0.5, 0.6) is 0 Å². The molecule has 0 aliphatic carbocycles. The Kier molecular flexibility index (Phi) is 27.0. The van der Waals surface area contributed by atoms with Crippen LogP contribution in [0, 0.1) is 0 Å². The molecule has 54 heavy (non-hydrogen) atoms. The molecule has 0 aromatic heterocycles. The Morgan fingerprint density at radius 1 is 0.556 bits per heavy atom. The van der Waals surface area contributed by atoms with Gasteiger partial charge in [0.05, 0.1) is 69.7 Å². The number of carbonyl (C=O) groups excluding carboxylic acids is 2. The number of carbonyl (C=O) groups is 2. The van der Waals surface area contributed by atoms with Crippen LogP contribution in [-0.2, 0) is 39.4 Å². The van der Waals surface area contributed by atoms with Crippen LogP contribution in [-0.4, -0.2) is 78.0 Å². The van der Waals surface area contributed by atoms with Crippen LogP contribution >= 0.6 is 0 Å². The van der Waals surface area contributed by atoms with E-state index in [1.165, 1.54) is 102 Å². The van der Waals surface area contributed by atoms with E-state index in [0.29, 0.717) is 58.4 Å². The van der Waals surface area contributed by atoms with Crippen molar-refractivity contribution in [3.05, 3.63) is 59.7 Å². The minimum atomic E-state index is -4.48. The first-order valence-electron chi connectivity index (χ1n) is 20.0. The SMILES string of the molecule is CCCCCCCCCCCCCCCCCC(=O)OCCOCCOCCOCCOCCOC(=O)c1ccccc1Nc1cccc(C(F)(F)F)c1. The lowest BCUT2D eigenvalue weighted by molar-refractivity contribution is -0.145. The number of hydrogen-bond donors (Lipinski definition) is 1. The van der Waals surface area contributed by atoms with Gasteiger partial charge in [-0.3, -0.25) is 4.79 Å². The standard InChI is InChI=1S/C42H64F3NO8/c1-2-3-4-5-6-7-8-9-10-11-12-13-14-15-16-24-40(47)53-33-31-51-29-27-49-25-26-50-28-30-52-32-34-54-41(48)38-22-17-18-23-39(38)46-37-21-19-20-36(35-37)42(43,44)45/h17-23,35,46H,2-16,24-34H2,1H3. The number of unbranched alkanes of at least 4 members (excludes halogenated alkanes) is 14. The maximum absolute atomic E-state index is 13.1. The molecule has 0 aliphatic heterocycles. The number of benzene rings is 2. The average Bonchev–Trinajstić information content (AvgIpc) is 3.16. The molecule has 0 fully saturated rings. The summed E-state index contributed by atoms with van der Waals surface area (Å²) in [5, 5.41) is 2.86. The summed E-state index contributed by atoms with van der Waals surface area (Å²) in [5.41, 5.74) is -0.0834. The molecule has 306 valence electrons. The first kappa shape index (κ1) is 47.0. The van der Waals surface area contributed by atoms with Crippen LogP contribution in [0.25, 0.3) is 0 Å². The van der Waals surface area contributed by atoms with Gasteiger partial charge < -0.3 is 33.7 Å². The Labute approximate surface area is 320 Å². The lowest BCUT2D eigenvalue weighted by Gasteiger charge is -2.13. The van der Waals surface area contributed by atoms with Crippen molar-refractivity contribution >= 4 is 23.3 Å². The summed E-state index contributed by atoms with van der Waals surface area (Å²) >= 11 is 0. The van der Waals surface area contributed by atoms with E-state index in [1.54, 1.807) is 18.2 Å². The number of halogens is 3. The highest BCUT2D eigenvalue weighted by atomic mass is 19.4. The van der Waals surface area contributed by atoms with Crippen molar-refractivity contribution in [3.63, 3.8) is 0 Å². The van der Waals surface area contributed by atoms with Gasteiger partial charge in [-0.05, 0) is 36.8 Å². The smallest absolute Gasteiger partial charge is 0.416 e. The van der Waals surface area contributed by atoms with Crippen LogP contribution in [0.4, 0.5) is 24.5 Å². The van der Waals surface area contributed by atoms with E-state index in [4.69, 9.17) is 28.4 Å². The third-order valence-electron chi connectivity index (χ3n) is 8.67. The van der Waals surface area contributed by atoms with E-state index >= 15 is 0 Å². The van der Waals surface area contributed by atoms with Gasteiger partial charge in [-0.25, -0.2) is 4.79 Å². The second-order valence-corrected chi connectivity index (χ2v) is 13.3. The maximum atomic E-state index is 13.1. The minimum Gasteiger partial charge on any atom is -0.463 e. The van der Waals surface area contributed by atoms with Gasteiger partial charge in [0.15, 0.2) is 0 Å². The molecule has 0 heterocycles. The Bertz CT molecular complexity index is 1250. The molecular formula is C42H64F3NO8. The Morgan fingerprint density at radius 3 is 1.54 bits per heavy atom. The molecule has 1 N–H and O–H groups in total. The Hall–Kier alpha value is -3.19. The number of para-hydroxylation sites is 1. The van der Waals surface area contributed by atoms with Gasteiger partial charge in [0, 0.05) is 12.1 Å². The van der Waals surface area contributed by atoms with Crippen LogP contribution < -0.4 is 5.32 Å². The van der Waals surface area contributed by atoms with Gasteiger partial charge in [-0.1, -0.05) is 115 Å². The van der Waals surface area contributed by atoms with Crippen molar-refractivity contribution in [3.8, 4) is 0 Å². The first-order valence-corrected chi connectivity index (χ1v) is 20.0. The fourth-order valence-electron chi connectivity index (χ4n) is 5.66. The predicted octanol–water partition coefficient (Wildman–Crippen LogP) is 10.5. The Balaban J connectivity index is 1.33. The maximum Gasteiger partial charge on any atom is 0.416 e. The van der Waals surface area contributed by atoms with E-state index in [9.17, 15) is 22.8 Å². The third kappa shape index (κ3) is 24.3. The fraction of sp³-hybridized carbons (Fsp3) is 0.667. The van der Waals surface area contributed by atoms with Gasteiger partial charge in [-0.15, -0.1) is 0 Å². The molecule has 0 saturated carbocycles. The lowest BCUT2D eigenvalue weighted by atomic mass is 10.0. The van der Waals surface area contributed by atoms with E-state index < -0.39 is 17.7 Å². The van der Waals surface area contributed by atoms with E-state index in [1.807, 2.05) is 0 Å². The predicted molar refractivity (Wildman–Crippen MR) is 205 cm³/mol. The zero-order valence-electron chi connectivity index (χ0n) is 32.4. The quantitative estimate of drug-likeness (QED) is 0.0551. The second-order valence-electron chi connectivity index (χ2n) is 13.3. The number of alkyl halides is 3. The number of rotatable bonds is 34. The lowest BCUT2D eigenvalue weighted by Crippen LogP contribution is -2.15. The normalized spacial score (nSPS) is 11.5. The monoisotopic (exact) mass is 767 g/mol. The van der Waals surface area contributed by atoms with Crippen molar-refractivity contribution < 1.29 is 51.2 Å². The van der Waals surface area contributed by atoms with Gasteiger partial charge in [0.1, 0.15) is 13.2 Å². The molecule has 0 bridgehead atoms. The number of esters is 2. The zero-order valence-corrected chi connectivity index (χ0v) is 32.4. The summed E-state index contributed by atoms with van der Waals surface area (Å²) in [5.74, 6) is -0.793. The van der Waals surface area contributed by atoms with Gasteiger partial charge >= 0.3 is 18.1 Å². The summed E-state index contributed by atoms with van der Waals surface area (Å²) in [6.07, 6.45) is 15.4. The third-order valence-corrected chi connectivity index (χ3v) is 8.67. The first-order chi connectivity index (χ1) is 26.3. The van der Waals surface area contributed by atoms with Crippen molar-refractivity contribution in [1.29, 1.82) is 0 Å². The minimum absolute atomic E-state index is 0.00141. The zero-order chi connectivity index (χ0) is 39.0. The molecule has 0 aliphatic rings. The molecule has 2 aromatic rings. The van der Waals surface area contributed by atoms with Crippen LogP contribution in [0.1, 0.15) is 126 Å². The Morgan fingerprint density at radius 2 is 1.02 bits per heavy atom. The number of ether oxygens (including phenoxy) is 6. The van der Waals surface area contributed by atoms with Crippen molar-refractivity contribution in [2.24, 2.45) is 0 Å². The van der Waals surface area contributed by atoms with Crippen molar-refractivity contribution in [1.82, 2.24) is 0 Å². The van der Waals surface area contributed by atoms with Gasteiger partial charge in [0.25, 0.3) is 0 Å². The van der Waals surface area contributed by atoms with Crippen LogP contribution in [0.15, 0.2) is 48.5 Å². The van der Waals surface area contributed by atoms with Crippen LogP contribution in [0.2, 0.25) is 0 Å². The summed E-state index contributed by atoms with van der Waals surface area (Å²) in [6, 6.07) is 11.2. The molecule has 12 heteroatoms. The van der Waals surface area contributed by atoms with Crippen molar-refractivity contribution in [2.45, 2.75) is 116 Å². The summed E-state index contributed by atoms with van der Waals surface area (Å²) in [6.45, 7) is 5.19. The van der Waals surface area contributed by atoms with Gasteiger partial charge in [0.2, 0.25) is 0 Å². The topological polar surface area (TPSA) is 102 Å². The summed E-state index contributed by atoms with van der Waals surface area (Å²) in [4.78, 5) is 24.5. The summed E-state index contributed by atoms with van der Waals surface area (Å²) < 4.78 is 71.5. The van der Waals surface area contributed by atoms with E-state index in [-0.39, 0.29) is 37.0 Å².